The fourth-order valence-corrected chi connectivity index (χ4v) is 1.84. The molecule has 0 amide bonds. The molecule has 1 aromatic rings. The van der Waals surface area contributed by atoms with Crippen LogP contribution in [0.15, 0.2) is 23.2 Å². The van der Waals surface area contributed by atoms with E-state index in [4.69, 9.17) is 0 Å². The maximum Gasteiger partial charge on any atom is 0.190 e. The molecule has 0 spiro atoms. The predicted molar refractivity (Wildman–Crippen MR) is 72.2 cm³/mol. The first-order valence-electron chi connectivity index (χ1n) is 6.58. The molecule has 1 aromatic carbocycles. The minimum Gasteiger partial charge on any atom is -0.356 e. The summed E-state index contributed by atoms with van der Waals surface area (Å²) in [5.74, 6) is -0.0816. The molecule has 0 aliphatic heterocycles. The Balaban J connectivity index is 1.76. The number of halogens is 2. The molecule has 2 rings (SSSR count). The van der Waals surface area contributed by atoms with Crippen molar-refractivity contribution in [2.75, 3.05) is 20.1 Å². The second kappa shape index (κ2) is 6.50. The van der Waals surface area contributed by atoms with Gasteiger partial charge in [0.1, 0.15) is 0 Å². The molecule has 0 unspecified atom stereocenters. The van der Waals surface area contributed by atoms with Crippen LogP contribution in [0.3, 0.4) is 0 Å². The van der Waals surface area contributed by atoms with E-state index in [1.54, 1.807) is 13.1 Å². The molecule has 2 N–H and O–H groups in total. The van der Waals surface area contributed by atoms with Gasteiger partial charge in [-0.1, -0.05) is 12.1 Å². The van der Waals surface area contributed by atoms with Gasteiger partial charge in [-0.3, -0.25) is 4.99 Å². The van der Waals surface area contributed by atoms with Crippen LogP contribution in [-0.2, 0) is 6.42 Å². The summed E-state index contributed by atoms with van der Waals surface area (Å²) in [6, 6.07) is 4.25. The molecule has 5 heteroatoms. The molecule has 1 aliphatic carbocycles. The van der Waals surface area contributed by atoms with Gasteiger partial charge in [0.15, 0.2) is 17.6 Å². The van der Waals surface area contributed by atoms with E-state index >= 15 is 0 Å². The molecule has 0 atom stereocenters. The number of guanidine groups is 1. The average Bonchev–Trinajstić information content (AvgIpc) is 3.22. The minimum atomic E-state index is -0.797. The van der Waals surface area contributed by atoms with E-state index in [0.717, 1.165) is 18.5 Å². The van der Waals surface area contributed by atoms with Crippen LogP contribution in [0, 0.1) is 17.6 Å². The van der Waals surface area contributed by atoms with E-state index in [1.165, 1.54) is 18.9 Å². The monoisotopic (exact) mass is 267 g/mol. The smallest absolute Gasteiger partial charge is 0.190 e. The van der Waals surface area contributed by atoms with E-state index in [-0.39, 0.29) is 0 Å². The Morgan fingerprint density at radius 3 is 2.79 bits per heavy atom. The van der Waals surface area contributed by atoms with E-state index in [0.29, 0.717) is 24.5 Å². The van der Waals surface area contributed by atoms with Crippen LogP contribution in [0.4, 0.5) is 8.78 Å². The minimum absolute atomic E-state index is 0.380. The third-order valence-electron chi connectivity index (χ3n) is 3.20. The Bertz CT molecular complexity index is 456. The maximum absolute atomic E-state index is 13.4. The molecule has 19 heavy (non-hydrogen) atoms. The first-order chi connectivity index (χ1) is 9.20. The van der Waals surface area contributed by atoms with Crippen LogP contribution in [-0.4, -0.2) is 26.1 Å². The highest BCUT2D eigenvalue weighted by molar-refractivity contribution is 5.79. The molecule has 0 heterocycles. The molecule has 1 saturated carbocycles. The predicted octanol–water partition coefficient (Wildman–Crippen LogP) is 2.08. The molecule has 104 valence electrons. The van der Waals surface area contributed by atoms with Gasteiger partial charge in [0.05, 0.1) is 0 Å². The zero-order valence-corrected chi connectivity index (χ0v) is 11.0. The standard InChI is InChI=1S/C14H19F2N3/c1-17-14(19-9-10-5-6-10)18-8-7-11-3-2-4-12(15)13(11)16/h2-4,10H,5-9H2,1H3,(H2,17,18,19). The average molecular weight is 267 g/mol. The van der Waals surface area contributed by atoms with Crippen molar-refractivity contribution < 1.29 is 8.78 Å². The number of nitrogens with zero attached hydrogens (tertiary/aromatic N) is 1. The molecule has 3 nitrogen and oxygen atoms in total. The van der Waals surface area contributed by atoms with Gasteiger partial charge in [-0.05, 0) is 36.8 Å². The van der Waals surface area contributed by atoms with Gasteiger partial charge in [0.2, 0.25) is 0 Å². The van der Waals surface area contributed by atoms with Crippen molar-refractivity contribution in [1.82, 2.24) is 10.6 Å². The number of rotatable bonds is 5. The lowest BCUT2D eigenvalue weighted by Crippen LogP contribution is -2.39. The first kappa shape index (κ1) is 13.8. The lowest BCUT2D eigenvalue weighted by Gasteiger charge is -2.11. The lowest BCUT2D eigenvalue weighted by molar-refractivity contribution is 0.498. The van der Waals surface area contributed by atoms with Crippen molar-refractivity contribution >= 4 is 5.96 Å². The lowest BCUT2D eigenvalue weighted by atomic mass is 10.1. The fraction of sp³-hybridized carbons (Fsp3) is 0.500. The second-order valence-corrected chi connectivity index (χ2v) is 4.79. The van der Waals surface area contributed by atoms with Crippen molar-refractivity contribution in [2.24, 2.45) is 10.9 Å². The van der Waals surface area contributed by atoms with E-state index in [9.17, 15) is 8.78 Å². The van der Waals surface area contributed by atoms with Crippen molar-refractivity contribution in [2.45, 2.75) is 19.3 Å². The van der Waals surface area contributed by atoms with Gasteiger partial charge in [0.25, 0.3) is 0 Å². The molecule has 1 fully saturated rings. The number of aliphatic imine (C=N–C) groups is 1. The van der Waals surface area contributed by atoms with Gasteiger partial charge in [-0.25, -0.2) is 8.78 Å². The van der Waals surface area contributed by atoms with E-state index in [1.807, 2.05) is 0 Å². The normalized spacial score (nSPS) is 15.4. The van der Waals surface area contributed by atoms with Crippen molar-refractivity contribution in [3.05, 3.63) is 35.4 Å². The van der Waals surface area contributed by atoms with E-state index < -0.39 is 11.6 Å². The summed E-state index contributed by atoms with van der Waals surface area (Å²) in [6.07, 6.45) is 2.98. The summed E-state index contributed by atoms with van der Waals surface area (Å²) in [7, 11) is 1.70. The molecular weight excluding hydrogens is 248 g/mol. The third-order valence-corrected chi connectivity index (χ3v) is 3.20. The highest BCUT2D eigenvalue weighted by Crippen LogP contribution is 2.27. The molecular formula is C14H19F2N3. The summed E-state index contributed by atoms with van der Waals surface area (Å²) in [6.45, 7) is 1.44. The van der Waals surface area contributed by atoms with E-state index in [2.05, 4.69) is 15.6 Å². The second-order valence-electron chi connectivity index (χ2n) is 4.79. The largest absolute Gasteiger partial charge is 0.356 e. The summed E-state index contributed by atoms with van der Waals surface area (Å²) in [4.78, 5) is 4.09. The maximum atomic E-state index is 13.4. The van der Waals surface area contributed by atoms with Crippen LogP contribution in [0.25, 0.3) is 0 Å². The zero-order valence-electron chi connectivity index (χ0n) is 11.0. The van der Waals surface area contributed by atoms with Gasteiger partial charge in [-0.15, -0.1) is 0 Å². The fourth-order valence-electron chi connectivity index (χ4n) is 1.84. The number of nitrogens with one attached hydrogen (secondary N) is 2. The van der Waals surface area contributed by atoms with Crippen molar-refractivity contribution in [3.8, 4) is 0 Å². The highest BCUT2D eigenvalue weighted by atomic mass is 19.2. The highest BCUT2D eigenvalue weighted by Gasteiger charge is 2.20. The number of hydrogen-bond donors (Lipinski definition) is 2. The van der Waals surface area contributed by atoms with Crippen LogP contribution in [0.1, 0.15) is 18.4 Å². The quantitative estimate of drug-likeness (QED) is 0.633. The Labute approximate surface area is 112 Å². The topological polar surface area (TPSA) is 36.4 Å². The number of hydrogen-bond acceptors (Lipinski definition) is 1. The Morgan fingerprint density at radius 1 is 1.32 bits per heavy atom. The Kier molecular flexibility index (Phi) is 4.71. The third kappa shape index (κ3) is 4.19. The summed E-state index contributed by atoms with van der Waals surface area (Å²) in [5.41, 5.74) is 0.380. The van der Waals surface area contributed by atoms with Gasteiger partial charge in [-0.2, -0.15) is 0 Å². The zero-order chi connectivity index (χ0) is 13.7. The summed E-state index contributed by atoms with van der Waals surface area (Å²) < 4.78 is 26.4. The summed E-state index contributed by atoms with van der Waals surface area (Å²) in [5, 5.41) is 6.31. The van der Waals surface area contributed by atoms with Crippen LogP contribution in [0.2, 0.25) is 0 Å². The van der Waals surface area contributed by atoms with Gasteiger partial charge in [0, 0.05) is 20.1 Å². The van der Waals surface area contributed by atoms with Crippen LogP contribution < -0.4 is 10.6 Å². The van der Waals surface area contributed by atoms with Crippen LogP contribution >= 0.6 is 0 Å². The SMILES string of the molecule is CN=C(NCCc1cccc(F)c1F)NCC1CC1. The molecule has 0 radical (unpaired) electrons. The van der Waals surface area contributed by atoms with Crippen molar-refractivity contribution in [3.63, 3.8) is 0 Å². The molecule has 0 saturated heterocycles. The number of benzene rings is 1. The van der Waals surface area contributed by atoms with Crippen LogP contribution in [0.5, 0.6) is 0 Å². The molecule has 0 aromatic heterocycles. The summed E-state index contributed by atoms with van der Waals surface area (Å²) >= 11 is 0. The first-order valence-corrected chi connectivity index (χ1v) is 6.58. The van der Waals surface area contributed by atoms with Gasteiger partial charge >= 0.3 is 0 Å². The molecule has 0 bridgehead atoms. The van der Waals surface area contributed by atoms with Crippen molar-refractivity contribution in [1.29, 1.82) is 0 Å². The van der Waals surface area contributed by atoms with Gasteiger partial charge < -0.3 is 10.6 Å². The molecule has 1 aliphatic rings. The Morgan fingerprint density at radius 2 is 2.11 bits per heavy atom. The Hall–Kier alpha value is -1.65.